The third-order valence-corrected chi connectivity index (χ3v) is 13.1. The normalized spacial score (nSPS) is 55.1. The number of carbonyl (C=O) groups is 1. The molecule has 3 fully saturated rings. The van der Waals surface area contributed by atoms with Gasteiger partial charge in [0.2, 0.25) is 0 Å². The van der Waals surface area contributed by atoms with Crippen LogP contribution in [0.1, 0.15) is 86.5 Å². The Labute approximate surface area is 210 Å². The highest BCUT2D eigenvalue weighted by molar-refractivity contribution is 5.77. The van der Waals surface area contributed by atoms with Crippen LogP contribution in [0.5, 0.6) is 0 Å². The van der Waals surface area contributed by atoms with Gasteiger partial charge in [0, 0.05) is 11.3 Å². The summed E-state index contributed by atoms with van der Waals surface area (Å²) in [7, 11) is 0. The van der Waals surface area contributed by atoms with Crippen LogP contribution in [0.15, 0.2) is 23.3 Å². The maximum Gasteiger partial charge on any atom is 0.310 e. The molecule has 5 rings (SSSR count). The molecular weight excluding hydrogens is 440 g/mol. The van der Waals surface area contributed by atoms with Crippen LogP contribution in [0.25, 0.3) is 0 Å². The molecule has 4 N–H and O–H groups in total. The zero-order valence-electron chi connectivity index (χ0n) is 22.5. The van der Waals surface area contributed by atoms with E-state index in [-0.39, 0.29) is 58.5 Å². The second kappa shape index (κ2) is 7.45. The SMILES string of the molecule is CC1CCC2(C(=O)O)CCC3(C)C(=CCC4C5(C)C(CO)=CC(C)(CO)C5CCC43C)C2C1(C)O. The Morgan fingerprint density at radius 2 is 1.69 bits per heavy atom. The number of carboxylic acid groups (broad SMARTS) is 1. The standard InChI is InChI=1S/C30H46O5/c1-18-9-12-30(24(33)34)14-13-26(3)20(23(30)29(18,6)35)7-8-22-27(26,4)11-10-21-25(2,17-32)15-19(16-31)28(21,22)5/h7,15,18,21-23,31-32,35H,8-14,16-17H2,1-6H3,(H,33,34). The van der Waals surface area contributed by atoms with Crippen LogP contribution >= 0.6 is 0 Å². The van der Waals surface area contributed by atoms with Crippen molar-refractivity contribution in [3.05, 3.63) is 23.3 Å². The minimum atomic E-state index is -1.06. The largest absolute Gasteiger partial charge is 0.481 e. The topological polar surface area (TPSA) is 98.0 Å². The fourth-order valence-corrected chi connectivity index (χ4v) is 10.6. The Morgan fingerprint density at radius 1 is 1.00 bits per heavy atom. The zero-order valence-corrected chi connectivity index (χ0v) is 22.5. The van der Waals surface area contributed by atoms with Crippen molar-refractivity contribution < 1.29 is 25.2 Å². The van der Waals surface area contributed by atoms with Crippen LogP contribution in [0, 0.1) is 50.7 Å². The lowest BCUT2D eigenvalue weighted by Gasteiger charge is -2.69. The quantitative estimate of drug-likeness (QED) is 0.423. The van der Waals surface area contributed by atoms with Gasteiger partial charge in [-0.1, -0.05) is 52.3 Å². The first-order valence-corrected chi connectivity index (χ1v) is 13.8. The molecule has 0 amide bonds. The van der Waals surface area contributed by atoms with Crippen LogP contribution in [0.3, 0.4) is 0 Å². The monoisotopic (exact) mass is 486 g/mol. The van der Waals surface area contributed by atoms with Crippen LogP contribution in [0.2, 0.25) is 0 Å². The molecule has 35 heavy (non-hydrogen) atoms. The summed E-state index contributed by atoms with van der Waals surface area (Å²) < 4.78 is 0. The Morgan fingerprint density at radius 3 is 2.29 bits per heavy atom. The highest BCUT2D eigenvalue weighted by Gasteiger charge is 2.71. The van der Waals surface area contributed by atoms with Crippen molar-refractivity contribution in [3.8, 4) is 0 Å². The number of hydrogen-bond donors (Lipinski definition) is 4. The van der Waals surface area contributed by atoms with E-state index in [4.69, 9.17) is 0 Å². The lowest BCUT2D eigenvalue weighted by molar-refractivity contribution is -0.198. The Balaban J connectivity index is 1.67. The molecule has 0 heterocycles. The van der Waals surface area contributed by atoms with Crippen LogP contribution in [-0.2, 0) is 4.79 Å². The maximum atomic E-state index is 12.8. The Kier molecular flexibility index (Phi) is 5.42. The molecule has 0 aromatic carbocycles. The summed E-state index contributed by atoms with van der Waals surface area (Å²) in [6.07, 6.45) is 10.1. The number of rotatable bonds is 3. The summed E-state index contributed by atoms with van der Waals surface area (Å²) in [5, 5.41) is 43.2. The molecule has 5 nitrogen and oxygen atoms in total. The van der Waals surface area contributed by atoms with Crippen molar-refractivity contribution in [1.82, 2.24) is 0 Å². The van der Waals surface area contributed by atoms with Gasteiger partial charge in [-0.3, -0.25) is 4.79 Å². The molecule has 10 unspecified atom stereocenters. The molecule has 5 aliphatic carbocycles. The van der Waals surface area contributed by atoms with E-state index in [2.05, 4.69) is 46.8 Å². The molecular formula is C30H46O5. The Hall–Kier alpha value is -1.17. The molecule has 3 saturated carbocycles. The average molecular weight is 487 g/mol. The van der Waals surface area contributed by atoms with Gasteiger partial charge in [-0.05, 0) is 91.4 Å². The Bertz CT molecular complexity index is 997. The molecule has 0 aliphatic heterocycles. The van der Waals surface area contributed by atoms with Gasteiger partial charge < -0.3 is 20.4 Å². The molecule has 5 aliphatic rings. The van der Waals surface area contributed by atoms with E-state index in [1.54, 1.807) is 0 Å². The molecule has 0 aromatic heterocycles. The predicted molar refractivity (Wildman–Crippen MR) is 135 cm³/mol. The minimum Gasteiger partial charge on any atom is -0.481 e. The first-order valence-electron chi connectivity index (χ1n) is 13.8. The summed E-state index contributed by atoms with van der Waals surface area (Å²) >= 11 is 0. The van der Waals surface area contributed by atoms with Crippen molar-refractivity contribution >= 4 is 5.97 Å². The van der Waals surface area contributed by atoms with E-state index in [0.717, 1.165) is 37.7 Å². The molecule has 0 radical (unpaired) electrons. The fraction of sp³-hybridized carbons (Fsp3) is 0.833. The summed E-state index contributed by atoms with van der Waals surface area (Å²) in [6, 6.07) is 0. The van der Waals surface area contributed by atoms with Gasteiger partial charge in [-0.25, -0.2) is 0 Å². The van der Waals surface area contributed by atoms with E-state index < -0.39 is 17.0 Å². The van der Waals surface area contributed by atoms with Crippen molar-refractivity contribution in [2.45, 2.75) is 92.1 Å². The van der Waals surface area contributed by atoms with E-state index in [1.165, 1.54) is 5.57 Å². The first-order chi connectivity index (χ1) is 16.2. The second-order valence-corrected chi connectivity index (χ2v) is 14.1. The molecule has 0 aromatic rings. The van der Waals surface area contributed by atoms with E-state index in [9.17, 15) is 25.2 Å². The minimum absolute atomic E-state index is 0.0133. The van der Waals surface area contributed by atoms with Crippen LogP contribution in [0.4, 0.5) is 0 Å². The van der Waals surface area contributed by atoms with Crippen molar-refractivity contribution in [3.63, 3.8) is 0 Å². The van der Waals surface area contributed by atoms with Gasteiger partial charge in [-0.2, -0.15) is 0 Å². The maximum absolute atomic E-state index is 12.8. The number of aliphatic carboxylic acids is 1. The van der Waals surface area contributed by atoms with Gasteiger partial charge in [-0.15, -0.1) is 0 Å². The van der Waals surface area contributed by atoms with Gasteiger partial charge >= 0.3 is 5.97 Å². The van der Waals surface area contributed by atoms with Crippen molar-refractivity contribution in [1.29, 1.82) is 0 Å². The molecule has 0 bridgehead atoms. The number of allylic oxidation sites excluding steroid dienone is 1. The molecule has 10 atom stereocenters. The molecule has 0 saturated heterocycles. The highest BCUT2D eigenvalue weighted by Crippen LogP contribution is 2.76. The third-order valence-electron chi connectivity index (χ3n) is 13.1. The van der Waals surface area contributed by atoms with Crippen LogP contribution < -0.4 is 0 Å². The number of carboxylic acids is 1. The summed E-state index contributed by atoms with van der Waals surface area (Å²) in [4.78, 5) is 12.8. The van der Waals surface area contributed by atoms with Gasteiger partial charge in [0.1, 0.15) is 0 Å². The van der Waals surface area contributed by atoms with Gasteiger partial charge in [0.05, 0.1) is 24.2 Å². The average Bonchev–Trinajstić information content (AvgIpc) is 3.03. The lowest BCUT2D eigenvalue weighted by atomic mass is 9.34. The van der Waals surface area contributed by atoms with Crippen molar-refractivity contribution in [2.24, 2.45) is 50.7 Å². The number of fused-ring (bicyclic) bond motifs is 7. The van der Waals surface area contributed by atoms with Gasteiger partial charge in [0.15, 0.2) is 0 Å². The smallest absolute Gasteiger partial charge is 0.310 e. The van der Waals surface area contributed by atoms with Gasteiger partial charge in [0.25, 0.3) is 0 Å². The predicted octanol–water partition coefficient (Wildman–Crippen LogP) is 4.95. The number of aliphatic hydroxyl groups is 3. The molecule has 5 heteroatoms. The van der Waals surface area contributed by atoms with E-state index in [1.807, 2.05) is 6.92 Å². The van der Waals surface area contributed by atoms with E-state index in [0.29, 0.717) is 12.8 Å². The second-order valence-electron chi connectivity index (χ2n) is 14.1. The summed E-state index contributed by atoms with van der Waals surface area (Å²) in [5.41, 5.74) is -0.560. The molecule has 0 spiro atoms. The van der Waals surface area contributed by atoms with E-state index >= 15 is 0 Å². The van der Waals surface area contributed by atoms with Crippen molar-refractivity contribution in [2.75, 3.05) is 13.2 Å². The van der Waals surface area contributed by atoms with Crippen LogP contribution in [-0.4, -0.2) is 45.2 Å². The highest BCUT2D eigenvalue weighted by atomic mass is 16.4. The summed E-state index contributed by atoms with van der Waals surface area (Å²) in [5.74, 6) is -0.514. The fourth-order valence-electron chi connectivity index (χ4n) is 10.6. The first kappa shape index (κ1) is 25.5. The lowest BCUT2D eigenvalue weighted by Crippen LogP contribution is -2.66. The third kappa shape index (κ3) is 2.79. The molecule has 196 valence electrons. The number of aliphatic hydroxyl groups excluding tert-OH is 2. The number of hydrogen-bond acceptors (Lipinski definition) is 4. The summed E-state index contributed by atoms with van der Waals surface area (Å²) in [6.45, 7) is 13.3. The zero-order chi connectivity index (χ0) is 25.8.